The van der Waals surface area contributed by atoms with Crippen molar-refractivity contribution in [2.24, 2.45) is 5.92 Å². The summed E-state index contributed by atoms with van der Waals surface area (Å²) in [6.45, 7) is 3.94. The molecule has 0 aliphatic heterocycles. The summed E-state index contributed by atoms with van der Waals surface area (Å²) in [5, 5.41) is 0. The molecule has 0 saturated heterocycles. The summed E-state index contributed by atoms with van der Waals surface area (Å²) in [4.78, 5) is 11.1. The Kier molecular flexibility index (Phi) is 2.05. The first-order valence-corrected chi connectivity index (χ1v) is 3.67. The number of hydrogen-bond acceptors (Lipinski definition) is 1. The quantitative estimate of drug-likeness (QED) is 0.568. The van der Waals surface area contributed by atoms with Crippen LogP contribution in [0.1, 0.15) is 20.3 Å². The zero-order valence-corrected chi connectivity index (χ0v) is 6.42. The van der Waals surface area contributed by atoms with Crippen LogP contribution in [0.3, 0.4) is 0 Å². The molecule has 1 heteroatoms. The lowest BCUT2D eigenvalue weighted by Crippen LogP contribution is -2.04. The van der Waals surface area contributed by atoms with Gasteiger partial charge in [-0.1, -0.05) is 32.1 Å². The van der Waals surface area contributed by atoms with Crippen LogP contribution in [0.5, 0.6) is 0 Å². The van der Waals surface area contributed by atoms with E-state index in [4.69, 9.17) is 0 Å². The zero-order chi connectivity index (χ0) is 7.56. The van der Waals surface area contributed by atoms with Gasteiger partial charge in [-0.3, -0.25) is 4.79 Å². The number of hydrogen-bond donors (Lipinski definition) is 0. The van der Waals surface area contributed by atoms with Gasteiger partial charge in [0.05, 0.1) is 0 Å². The summed E-state index contributed by atoms with van der Waals surface area (Å²) < 4.78 is 0. The van der Waals surface area contributed by atoms with Crippen LogP contribution in [0.25, 0.3) is 0 Å². The van der Waals surface area contributed by atoms with Gasteiger partial charge in [0.25, 0.3) is 0 Å². The first-order valence-electron chi connectivity index (χ1n) is 3.67. The fraction of sp³-hybridized carbons (Fsp3) is 0.444. The Bertz CT molecular complexity index is 199. The molecule has 10 heavy (non-hydrogen) atoms. The average molecular weight is 136 g/mol. The average Bonchev–Trinajstić information content (AvgIpc) is 2.34. The Morgan fingerprint density at radius 2 is 2.40 bits per heavy atom. The first kappa shape index (κ1) is 7.26. The lowest BCUT2D eigenvalue weighted by molar-refractivity contribution is -0.115. The van der Waals surface area contributed by atoms with Gasteiger partial charge in [-0.15, -0.1) is 0 Å². The second-order valence-corrected chi connectivity index (χ2v) is 2.57. The molecule has 0 N–H and O–H groups in total. The molecule has 1 aliphatic rings. The van der Waals surface area contributed by atoms with Crippen LogP contribution in [0, 0.1) is 5.92 Å². The predicted molar refractivity (Wildman–Crippen MR) is 41.7 cm³/mol. The van der Waals surface area contributed by atoms with E-state index >= 15 is 0 Å². The van der Waals surface area contributed by atoms with Gasteiger partial charge >= 0.3 is 0 Å². The van der Waals surface area contributed by atoms with Crippen LogP contribution in [-0.2, 0) is 4.79 Å². The summed E-state index contributed by atoms with van der Waals surface area (Å²) >= 11 is 0. The molecule has 1 unspecified atom stereocenters. The molecule has 0 fully saturated rings. The van der Waals surface area contributed by atoms with Crippen LogP contribution in [-0.4, -0.2) is 5.78 Å². The largest absolute Gasteiger partial charge is 0.295 e. The Balaban J connectivity index is 2.68. The highest BCUT2D eigenvalue weighted by atomic mass is 16.1. The van der Waals surface area contributed by atoms with Crippen LogP contribution >= 0.6 is 0 Å². The molecule has 1 aliphatic carbocycles. The molecule has 0 radical (unpaired) electrons. The second-order valence-electron chi connectivity index (χ2n) is 2.57. The van der Waals surface area contributed by atoms with E-state index in [1.54, 1.807) is 0 Å². The van der Waals surface area contributed by atoms with Gasteiger partial charge in [0.1, 0.15) is 0 Å². The monoisotopic (exact) mass is 136 g/mol. The number of ketones is 1. The van der Waals surface area contributed by atoms with Gasteiger partial charge in [0.2, 0.25) is 0 Å². The summed E-state index contributed by atoms with van der Waals surface area (Å²) in [6.07, 6.45) is 6.53. The molecule has 0 aromatic rings. The van der Waals surface area contributed by atoms with Gasteiger partial charge in [-0.05, 0) is 0 Å². The van der Waals surface area contributed by atoms with Crippen LogP contribution in [0.2, 0.25) is 0 Å². The van der Waals surface area contributed by atoms with Gasteiger partial charge in [0.15, 0.2) is 5.78 Å². The lowest BCUT2D eigenvalue weighted by Gasteiger charge is -2.03. The Labute approximate surface area is 61.4 Å². The van der Waals surface area contributed by atoms with Crippen molar-refractivity contribution in [2.45, 2.75) is 20.3 Å². The Morgan fingerprint density at radius 3 is 2.80 bits per heavy atom. The van der Waals surface area contributed by atoms with Crippen molar-refractivity contribution in [3.63, 3.8) is 0 Å². The van der Waals surface area contributed by atoms with E-state index in [9.17, 15) is 4.79 Å². The molecule has 0 bridgehead atoms. The maximum Gasteiger partial charge on any atom is 0.159 e. The van der Waals surface area contributed by atoms with E-state index in [-0.39, 0.29) is 5.78 Å². The summed E-state index contributed by atoms with van der Waals surface area (Å²) in [7, 11) is 0. The van der Waals surface area contributed by atoms with Crippen molar-refractivity contribution < 1.29 is 4.79 Å². The summed E-state index contributed by atoms with van der Waals surface area (Å²) in [6, 6.07) is 0. The van der Waals surface area contributed by atoms with Crippen molar-refractivity contribution in [3.8, 4) is 0 Å². The maximum atomic E-state index is 11.1. The van der Waals surface area contributed by atoms with Crippen molar-refractivity contribution >= 4 is 5.78 Å². The molecule has 0 amide bonds. The molecule has 0 aromatic carbocycles. The molecule has 0 aromatic heterocycles. The van der Waals surface area contributed by atoms with Gasteiger partial charge in [0, 0.05) is 17.9 Å². The molecule has 0 spiro atoms. The third-order valence-corrected chi connectivity index (χ3v) is 1.81. The highest BCUT2D eigenvalue weighted by molar-refractivity contribution is 5.96. The van der Waals surface area contributed by atoms with Crippen LogP contribution < -0.4 is 0 Å². The van der Waals surface area contributed by atoms with E-state index in [0.717, 1.165) is 5.57 Å². The second kappa shape index (κ2) is 2.82. The SMILES string of the molecule is CCC(=O)C1=CC=CC1C. The molecule has 1 nitrogen and oxygen atoms in total. The molecule has 0 saturated carbocycles. The molecular formula is C9H12O. The normalized spacial score (nSPS) is 23.0. The molecule has 1 atom stereocenters. The Morgan fingerprint density at radius 1 is 1.70 bits per heavy atom. The van der Waals surface area contributed by atoms with E-state index in [2.05, 4.69) is 0 Å². The number of carbonyl (C=O) groups is 1. The molecule has 1 rings (SSSR count). The Hall–Kier alpha value is -0.850. The molecule has 0 heterocycles. The minimum absolute atomic E-state index is 0.275. The topological polar surface area (TPSA) is 17.1 Å². The fourth-order valence-corrected chi connectivity index (χ4v) is 1.13. The lowest BCUT2D eigenvalue weighted by atomic mass is 10.00. The highest BCUT2D eigenvalue weighted by Gasteiger charge is 2.14. The highest BCUT2D eigenvalue weighted by Crippen LogP contribution is 2.19. The number of rotatable bonds is 2. The van der Waals surface area contributed by atoms with Crippen molar-refractivity contribution in [2.75, 3.05) is 0 Å². The van der Waals surface area contributed by atoms with Crippen molar-refractivity contribution in [3.05, 3.63) is 23.8 Å². The summed E-state index contributed by atoms with van der Waals surface area (Å²) in [5.74, 6) is 0.616. The number of carbonyl (C=O) groups excluding carboxylic acids is 1. The summed E-state index contributed by atoms with van der Waals surface area (Å²) in [5.41, 5.74) is 0.961. The molecule has 54 valence electrons. The predicted octanol–water partition coefficient (Wildman–Crippen LogP) is 2.10. The number of allylic oxidation sites excluding steroid dienone is 4. The van der Waals surface area contributed by atoms with Crippen LogP contribution in [0.4, 0.5) is 0 Å². The standard InChI is InChI=1S/C9H12O/c1-3-9(10)8-6-4-5-7(8)2/h4-7H,3H2,1-2H3. The van der Waals surface area contributed by atoms with Gasteiger partial charge in [-0.25, -0.2) is 0 Å². The minimum atomic E-state index is 0.275. The zero-order valence-electron chi connectivity index (χ0n) is 6.42. The van der Waals surface area contributed by atoms with Crippen molar-refractivity contribution in [1.82, 2.24) is 0 Å². The smallest absolute Gasteiger partial charge is 0.159 e. The third kappa shape index (κ3) is 1.18. The van der Waals surface area contributed by atoms with Gasteiger partial charge < -0.3 is 0 Å². The third-order valence-electron chi connectivity index (χ3n) is 1.81. The van der Waals surface area contributed by atoms with E-state index in [0.29, 0.717) is 12.3 Å². The first-order chi connectivity index (χ1) is 4.75. The number of Topliss-reactive ketones (excluding diaryl/α,β-unsaturated/α-hetero) is 1. The van der Waals surface area contributed by atoms with E-state index < -0.39 is 0 Å². The maximum absolute atomic E-state index is 11.1. The van der Waals surface area contributed by atoms with Crippen molar-refractivity contribution in [1.29, 1.82) is 0 Å². The van der Waals surface area contributed by atoms with Crippen LogP contribution in [0.15, 0.2) is 23.8 Å². The van der Waals surface area contributed by atoms with Gasteiger partial charge in [-0.2, -0.15) is 0 Å². The fourth-order valence-electron chi connectivity index (χ4n) is 1.13. The van der Waals surface area contributed by atoms with E-state index in [1.807, 2.05) is 32.1 Å². The minimum Gasteiger partial charge on any atom is -0.295 e. The van der Waals surface area contributed by atoms with E-state index in [1.165, 1.54) is 0 Å². The molecular weight excluding hydrogens is 124 g/mol.